The highest BCUT2D eigenvalue weighted by Gasteiger charge is 2.30. The minimum Gasteiger partial charge on any atom is -0.346 e. The van der Waals surface area contributed by atoms with Crippen molar-refractivity contribution < 1.29 is 14.6 Å². The molecule has 4 nitrogen and oxygen atoms in total. The maximum Gasteiger partial charge on any atom is 0.269 e. The third-order valence-electron chi connectivity index (χ3n) is 1.55. The van der Waals surface area contributed by atoms with E-state index in [-0.39, 0.29) is 12.2 Å². The zero-order valence-corrected chi connectivity index (χ0v) is 6.20. The van der Waals surface area contributed by atoms with Gasteiger partial charge in [0.05, 0.1) is 6.10 Å². The van der Waals surface area contributed by atoms with Gasteiger partial charge in [0.25, 0.3) is 6.48 Å². The number of ether oxygens (including phenoxy) is 2. The van der Waals surface area contributed by atoms with Gasteiger partial charge in [-0.15, -0.1) is 0 Å². The molecular formula is C6H13NO3. The van der Waals surface area contributed by atoms with Crippen LogP contribution in [0.2, 0.25) is 0 Å². The Kier molecular flexibility index (Phi) is 2.62. The zero-order chi connectivity index (χ0) is 7.56. The molecule has 1 aliphatic rings. The van der Waals surface area contributed by atoms with E-state index in [0.717, 1.165) is 0 Å². The third-order valence-corrected chi connectivity index (χ3v) is 1.55. The highest BCUT2D eigenvalue weighted by Crippen LogP contribution is 2.15. The largest absolute Gasteiger partial charge is 0.346 e. The second-order valence-corrected chi connectivity index (χ2v) is 2.38. The Hall–Kier alpha value is -0.160. The van der Waals surface area contributed by atoms with Crippen LogP contribution < -0.4 is 5.32 Å². The lowest BCUT2D eigenvalue weighted by molar-refractivity contribution is -0.209. The molecule has 0 amide bonds. The van der Waals surface area contributed by atoms with Crippen LogP contribution in [0.4, 0.5) is 0 Å². The van der Waals surface area contributed by atoms with Crippen molar-refractivity contribution in [3.8, 4) is 0 Å². The topological polar surface area (TPSA) is 50.7 Å². The fraction of sp³-hybridized carbons (Fsp3) is 1.00. The first-order valence-corrected chi connectivity index (χ1v) is 3.37. The van der Waals surface area contributed by atoms with Gasteiger partial charge in [0, 0.05) is 6.54 Å². The molecule has 4 heteroatoms. The predicted octanol–water partition coefficient (Wildman–Crippen LogP) is -0.714. The van der Waals surface area contributed by atoms with E-state index in [1.54, 1.807) is 0 Å². The molecule has 0 spiro atoms. The molecule has 2 N–H and O–H groups in total. The van der Waals surface area contributed by atoms with Crippen LogP contribution in [0, 0.1) is 0 Å². The van der Waals surface area contributed by atoms with Gasteiger partial charge in [0.2, 0.25) is 0 Å². The van der Waals surface area contributed by atoms with Gasteiger partial charge in [-0.25, -0.2) is 0 Å². The molecule has 1 heterocycles. The van der Waals surface area contributed by atoms with Crippen LogP contribution in [0.25, 0.3) is 0 Å². The van der Waals surface area contributed by atoms with Gasteiger partial charge in [-0.05, 0) is 14.0 Å². The van der Waals surface area contributed by atoms with Crippen molar-refractivity contribution in [2.45, 2.75) is 25.6 Å². The molecule has 1 aliphatic heterocycles. The SMILES string of the molecule is CNCC1OC(O)OC1C. The molecule has 10 heavy (non-hydrogen) atoms. The Morgan fingerprint density at radius 3 is 2.60 bits per heavy atom. The van der Waals surface area contributed by atoms with Crippen LogP contribution >= 0.6 is 0 Å². The smallest absolute Gasteiger partial charge is 0.269 e. The maximum absolute atomic E-state index is 8.82. The van der Waals surface area contributed by atoms with Crippen LogP contribution in [-0.4, -0.2) is 37.4 Å². The molecule has 3 atom stereocenters. The van der Waals surface area contributed by atoms with Crippen molar-refractivity contribution in [1.29, 1.82) is 0 Å². The van der Waals surface area contributed by atoms with E-state index in [9.17, 15) is 0 Å². The number of likely N-dealkylation sites (N-methyl/N-ethyl adjacent to an activating group) is 1. The lowest BCUT2D eigenvalue weighted by atomic mass is 10.2. The Morgan fingerprint density at radius 1 is 1.50 bits per heavy atom. The molecule has 1 rings (SSSR count). The van der Waals surface area contributed by atoms with Gasteiger partial charge < -0.3 is 19.9 Å². The van der Waals surface area contributed by atoms with E-state index in [4.69, 9.17) is 14.6 Å². The second-order valence-electron chi connectivity index (χ2n) is 2.38. The predicted molar refractivity (Wildman–Crippen MR) is 35.4 cm³/mol. The number of hydrogen-bond acceptors (Lipinski definition) is 4. The van der Waals surface area contributed by atoms with Crippen molar-refractivity contribution in [2.75, 3.05) is 13.6 Å². The highest BCUT2D eigenvalue weighted by molar-refractivity contribution is 4.72. The average molecular weight is 147 g/mol. The summed E-state index contributed by atoms with van der Waals surface area (Å²) in [5.74, 6) is 0. The van der Waals surface area contributed by atoms with Gasteiger partial charge in [-0.1, -0.05) is 0 Å². The van der Waals surface area contributed by atoms with Gasteiger partial charge in [-0.2, -0.15) is 0 Å². The summed E-state index contributed by atoms with van der Waals surface area (Å²) in [7, 11) is 1.83. The minimum absolute atomic E-state index is 0.0255. The van der Waals surface area contributed by atoms with Crippen LogP contribution in [0.5, 0.6) is 0 Å². The van der Waals surface area contributed by atoms with Crippen molar-refractivity contribution in [1.82, 2.24) is 5.32 Å². The quantitative estimate of drug-likeness (QED) is 0.541. The first kappa shape index (κ1) is 7.94. The van der Waals surface area contributed by atoms with E-state index < -0.39 is 6.48 Å². The lowest BCUT2D eigenvalue weighted by Crippen LogP contribution is -2.30. The summed E-state index contributed by atoms with van der Waals surface area (Å²) in [5, 5.41) is 11.8. The van der Waals surface area contributed by atoms with Crippen LogP contribution in [0.1, 0.15) is 6.92 Å². The van der Waals surface area contributed by atoms with Crippen LogP contribution in [0.15, 0.2) is 0 Å². The minimum atomic E-state index is -1.03. The summed E-state index contributed by atoms with van der Waals surface area (Å²) in [4.78, 5) is 0. The molecule has 60 valence electrons. The molecule has 0 aromatic carbocycles. The number of hydrogen-bond donors (Lipinski definition) is 2. The van der Waals surface area contributed by atoms with Gasteiger partial charge >= 0.3 is 0 Å². The van der Waals surface area contributed by atoms with Crippen LogP contribution in [-0.2, 0) is 9.47 Å². The van der Waals surface area contributed by atoms with E-state index in [0.29, 0.717) is 6.54 Å². The Labute approximate surface area is 60.1 Å². The molecule has 1 saturated heterocycles. The van der Waals surface area contributed by atoms with Crippen LogP contribution in [0.3, 0.4) is 0 Å². The molecule has 3 unspecified atom stereocenters. The summed E-state index contributed by atoms with van der Waals surface area (Å²) in [6.07, 6.45) is -0.0533. The van der Waals surface area contributed by atoms with E-state index in [1.807, 2.05) is 14.0 Å². The molecule has 1 fully saturated rings. The molecule has 0 radical (unpaired) electrons. The summed E-state index contributed by atoms with van der Waals surface area (Å²) >= 11 is 0. The number of nitrogens with one attached hydrogen (secondary N) is 1. The summed E-state index contributed by atoms with van der Waals surface area (Å²) in [6, 6.07) is 0. The average Bonchev–Trinajstić information content (AvgIpc) is 2.13. The number of aliphatic hydroxyl groups is 1. The van der Waals surface area contributed by atoms with Crippen molar-refractivity contribution >= 4 is 0 Å². The normalized spacial score (nSPS) is 40.5. The Morgan fingerprint density at radius 2 is 2.20 bits per heavy atom. The molecule has 0 bridgehead atoms. The van der Waals surface area contributed by atoms with Crippen molar-refractivity contribution in [3.05, 3.63) is 0 Å². The Bertz CT molecular complexity index is 109. The van der Waals surface area contributed by atoms with E-state index >= 15 is 0 Å². The second kappa shape index (κ2) is 3.30. The standard InChI is InChI=1S/C6H13NO3/c1-4-5(3-7-2)10-6(8)9-4/h4-8H,3H2,1-2H3. The molecule has 0 aliphatic carbocycles. The third kappa shape index (κ3) is 1.67. The summed E-state index contributed by atoms with van der Waals surface area (Å²) in [6.45, 7) is 1.55. The fourth-order valence-electron chi connectivity index (χ4n) is 0.979. The number of aliphatic hydroxyl groups excluding tert-OH is 1. The maximum atomic E-state index is 8.82. The van der Waals surface area contributed by atoms with Crippen molar-refractivity contribution in [2.24, 2.45) is 0 Å². The zero-order valence-electron chi connectivity index (χ0n) is 6.20. The van der Waals surface area contributed by atoms with Gasteiger partial charge in [0.15, 0.2) is 0 Å². The number of rotatable bonds is 2. The fourth-order valence-corrected chi connectivity index (χ4v) is 0.979. The molecular weight excluding hydrogens is 134 g/mol. The first-order chi connectivity index (χ1) is 4.74. The van der Waals surface area contributed by atoms with Gasteiger partial charge in [-0.3, -0.25) is 0 Å². The molecule has 0 saturated carbocycles. The monoisotopic (exact) mass is 147 g/mol. The van der Waals surface area contributed by atoms with E-state index in [1.165, 1.54) is 0 Å². The summed E-state index contributed by atoms with van der Waals surface area (Å²) < 4.78 is 9.90. The molecule has 0 aromatic heterocycles. The van der Waals surface area contributed by atoms with E-state index in [2.05, 4.69) is 5.32 Å². The Balaban J connectivity index is 2.31. The molecule has 0 aromatic rings. The van der Waals surface area contributed by atoms with Gasteiger partial charge in [0.1, 0.15) is 6.10 Å². The van der Waals surface area contributed by atoms with Crippen molar-refractivity contribution in [3.63, 3.8) is 0 Å². The summed E-state index contributed by atoms with van der Waals surface area (Å²) in [5.41, 5.74) is 0. The lowest BCUT2D eigenvalue weighted by Gasteiger charge is -2.10. The first-order valence-electron chi connectivity index (χ1n) is 3.37. The highest BCUT2D eigenvalue weighted by atomic mass is 16.8.